The average Bonchev–Trinajstić information content (AvgIpc) is 2.62. The number of benzene rings is 1. The summed E-state index contributed by atoms with van der Waals surface area (Å²) >= 11 is 0. The summed E-state index contributed by atoms with van der Waals surface area (Å²) in [7, 11) is 3.38. The number of rotatable bonds is 5. The number of guanidine groups is 1. The second-order valence-electron chi connectivity index (χ2n) is 6.30. The molecule has 7 nitrogen and oxygen atoms in total. The lowest BCUT2D eigenvalue weighted by Gasteiger charge is -2.34. The minimum Gasteiger partial charge on any atom is -0.370 e. The van der Waals surface area contributed by atoms with Gasteiger partial charge in [-0.1, -0.05) is 12.1 Å². The van der Waals surface area contributed by atoms with E-state index in [1.165, 1.54) is 0 Å². The summed E-state index contributed by atoms with van der Waals surface area (Å²) in [5, 5.41) is 5.96. The van der Waals surface area contributed by atoms with Crippen LogP contribution in [0.25, 0.3) is 0 Å². The Hall–Kier alpha value is -1.84. The van der Waals surface area contributed by atoms with Gasteiger partial charge in [-0.3, -0.25) is 14.6 Å². The van der Waals surface area contributed by atoms with Gasteiger partial charge in [0.1, 0.15) is 0 Å². The molecule has 4 N–H and O–H groups in total. The molecule has 0 aliphatic carbocycles. The number of primary amides is 1. The molecule has 0 spiro atoms. The summed E-state index contributed by atoms with van der Waals surface area (Å²) < 4.78 is 0. The predicted octanol–water partition coefficient (Wildman–Crippen LogP) is 1.33. The lowest BCUT2D eigenvalue weighted by molar-refractivity contribution is -0.119. The monoisotopic (exact) mass is 473 g/mol. The van der Waals surface area contributed by atoms with Crippen molar-refractivity contribution in [2.45, 2.75) is 25.8 Å². The minimum atomic E-state index is -0.244. The molecule has 2 rings (SSSR count). The Kier molecular flexibility index (Phi) is 9.39. The lowest BCUT2D eigenvalue weighted by Crippen LogP contribution is -2.46. The molecular weight excluding hydrogens is 445 g/mol. The highest BCUT2D eigenvalue weighted by molar-refractivity contribution is 14.0. The molecule has 1 unspecified atom stereocenters. The molecule has 0 bridgehead atoms. The Morgan fingerprint density at radius 2 is 2.00 bits per heavy atom. The van der Waals surface area contributed by atoms with Crippen LogP contribution >= 0.6 is 24.0 Å². The van der Waals surface area contributed by atoms with Crippen molar-refractivity contribution in [2.75, 3.05) is 27.2 Å². The fraction of sp³-hybridized carbons (Fsp3) is 0.500. The summed E-state index contributed by atoms with van der Waals surface area (Å²) in [6, 6.07) is 7.47. The van der Waals surface area contributed by atoms with E-state index in [0.29, 0.717) is 18.5 Å². The van der Waals surface area contributed by atoms with Crippen molar-refractivity contribution in [1.82, 2.24) is 15.5 Å². The first-order valence-electron chi connectivity index (χ1n) is 8.58. The zero-order valence-electron chi connectivity index (χ0n) is 15.3. The number of likely N-dealkylation sites (tertiary alicyclic amines) is 1. The zero-order chi connectivity index (χ0) is 18.2. The van der Waals surface area contributed by atoms with Crippen molar-refractivity contribution in [3.05, 3.63) is 35.4 Å². The van der Waals surface area contributed by atoms with Crippen molar-refractivity contribution < 1.29 is 9.59 Å². The number of hydrogen-bond acceptors (Lipinski definition) is 3. The number of nitrogens with zero attached hydrogens (tertiary/aromatic N) is 2. The quantitative estimate of drug-likeness (QED) is 0.341. The molecule has 0 aromatic heterocycles. The highest BCUT2D eigenvalue weighted by Crippen LogP contribution is 2.19. The maximum atomic E-state index is 11.6. The number of hydrogen-bond donors (Lipinski definition) is 3. The molecule has 1 aromatic rings. The van der Waals surface area contributed by atoms with Gasteiger partial charge in [0, 0.05) is 45.7 Å². The van der Waals surface area contributed by atoms with Crippen LogP contribution in [0.4, 0.5) is 0 Å². The molecule has 1 aromatic carbocycles. The van der Waals surface area contributed by atoms with E-state index in [4.69, 9.17) is 5.73 Å². The SMILES string of the molecule is CN=C(NCc1ccc(C(=O)NC)cc1)N1CCCC(CC(N)=O)C1.I. The molecule has 1 saturated heterocycles. The van der Waals surface area contributed by atoms with Gasteiger partial charge < -0.3 is 21.3 Å². The fourth-order valence-electron chi connectivity index (χ4n) is 3.14. The Bertz CT molecular complexity index is 633. The number of nitrogens with one attached hydrogen (secondary N) is 2. The first-order chi connectivity index (χ1) is 12.0. The summed E-state index contributed by atoms with van der Waals surface area (Å²) in [6.45, 7) is 2.33. The van der Waals surface area contributed by atoms with Crippen LogP contribution in [-0.2, 0) is 11.3 Å². The van der Waals surface area contributed by atoms with Gasteiger partial charge in [0.05, 0.1) is 0 Å². The number of halogens is 1. The van der Waals surface area contributed by atoms with Crippen LogP contribution in [0, 0.1) is 5.92 Å². The molecule has 1 heterocycles. The normalized spacial score (nSPS) is 17.2. The van der Waals surface area contributed by atoms with E-state index < -0.39 is 0 Å². The second kappa shape index (κ2) is 11.0. The van der Waals surface area contributed by atoms with E-state index in [2.05, 4.69) is 20.5 Å². The number of piperidine rings is 1. The Balaban J connectivity index is 0.00000338. The molecule has 144 valence electrons. The molecule has 0 saturated carbocycles. The summed E-state index contributed by atoms with van der Waals surface area (Å²) in [6.07, 6.45) is 2.48. The Morgan fingerprint density at radius 3 is 2.58 bits per heavy atom. The van der Waals surface area contributed by atoms with Gasteiger partial charge in [-0.2, -0.15) is 0 Å². The van der Waals surface area contributed by atoms with E-state index >= 15 is 0 Å². The van der Waals surface area contributed by atoms with Gasteiger partial charge in [0.15, 0.2) is 5.96 Å². The largest absolute Gasteiger partial charge is 0.370 e. The van der Waals surface area contributed by atoms with Gasteiger partial charge in [-0.25, -0.2) is 0 Å². The van der Waals surface area contributed by atoms with Crippen LogP contribution in [0.15, 0.2) is 29.3 Å². The van der Waals surface area contributed by atoms with Crippen LogP contribution < -0.4 is 16.4 Å². The highest BCUT2D eigenvalue weighted by atomic mass is 127. The molecule has 1 aliphatic heterocycles. The van der Waals surface area contributed by atoms with E-state index in [1.807, 2.05) is 24.3 Å². The number of carbonyl (C=O) groups is 2. The topological polar surface area (TPSA) is 99.8 Å². The molecule has 26 heavy (non-hydrogen) atoms. The molecular formula is C18H28IN5O2. The number of aliphatic imine (C=N–C) groups is 1. The maximum Gasteiger partial charge on any atom is 0.251 e. The van der Waals surface area contributed by atoms with Crippen molar-refractivity contribution in [3.8, 4) is 0 Å². The van der Waals surface area contributed by atoms with E-state index in [0.717, 1.165) is 37.5 Å². The van der Waals surface area contributed by atoms with Gasteiger partial charge in [0.25, 0.3) is 5.91 Å². The zero-order valence-corrected chi connectivity index (χ0v) is 17.7. The first kappa shape index (κ1) is 22.2. The summed E-state index contributed by atoms with van der Waals surface area (Å²) in [5.74, 6) is 0.774. The molecule has 1 fully saturated rings. The number of carbonyl (C=O) groups excluding carboxylic acids is 2. The summed E-state index contributed by atoms with van der Waals surface area (Å²) in [5.41, 5.74) is 7.03. The molecule has 0 radical (unpaired) electrons. The lowest BCUT2D eigenvalue weighted by atomic mass is 9.95. The predicted molar refractivity (Wildman–Crippen MR) is 114 cm³/mol. The summed E-state index contributed by atoms with van der Waals surface area (Å²) in [4.78, 5) is 29.2. The average molecular weight is 473 g/mol. The van der Waals surface area contributed by atoms with Gasteiger partial charge >= 0.3 is 0 Å². The molecule has 8 heteroatoms. The fourth-order valence-corrected chi connectivity index (χ4v) is 3.14. The molecule has 1 aliphatic rings. The van der Waals surface area contributed by atoms with Crippen LogP contribution in [0.1, 0.15) is 35.2 Å². The number of amides is 2. The minimum absolute atomic E-state index is 0. The van der Waals surface area contributed by atoms with Crippen molar-refractivity contribution in [3.63, 3.8) is 0 Å². The van der Waals surface area contributed by atoms with Gasteiger partial charge in [-0.15, -0.1) is 24.0 Å². The van der Waals surface area contributed by atoms with Crippen LogP contribution in [0.2, 0.25) is 0 Å². The van der Waals surface area contributed by atoms with Gasteiger partial charge in [-0.05, 0) is 36.5 Å². The van der Waals surface area contributed by atoms with E-state index in [-0.39, 0.29) is 41.7 Å². The Morgan fingerprint density at radius 1 is 1.31 bits per heavy atom. The van der Waals surface area contributed by atoms with Gasteiger partial charge in [0.2, 0.25) is 5.91 Å². The number of nitrogens with two attached hydrogens (primary N) is 1. The highest BCUT2D eigenvalue weighted by Gasteiger charge is 2.23. The third kappa shape index (κ3) is 6.47. The van der Waals surface area contributed by atoms with Crippen LogP contribution in [0.3, 0.4) is 0 Å². The molecule has 2 amide bonds. The van der Waals surface area contributed by atoms with Crippen molar-refractivity contribution >= 4 is 41.8 Å². The van der Waals surface area contributed by atoms with Crippen LogP contribution in [0.5, 0.6) is 0 Å². The third-order valence-electron chi connectivity index (χ3n) is 4.41. The van der Waals surface area contributed by atoms with E-state index in [9.17, 15) is 9.59 Å². The second-order valence-corrected chi connectivity index (χ2v) is 6.30. The third-order valence-corrected chi connectivity index (χ3v) is 4.41. The Labute approximate surface area is 171 Å². The standard InChI is InChI=1S/C18H27N5O2.HI/c1-20-17(25)15-7-5-13(6-8-15)11-22-18(21-2)23-9-3-4-14(12-23)10-16(19)24;/h5-8,14H,3-4,9-12H2,1-2H3,(H2,19,24)(H,20,25)(H,21,22);1H. The van der Waals surface area contributed by atoms with Crippen molar-refractivity contribution in [1.29, 1.82) is 0 Å². The van der Waals surface area contributed by atoms with Crippen molar-refractivity contribution in [2.24, 2.45) is 16.6 Å². The molecule has 1 atom stereocenters. The smallest absolute Gasteiger partial charge is 0.251 e. The van der Waals surface area contributed by atoms with E-state index in [1.54, 1.807) is 14.1 Å². The maximum absolute atomic E-state index is 11.6. The first-order valence-corrected chi connectivity index (χ1v) is 8.58. The van der Waals surface area contributed by atoms with Crippen LogP contribution in [-0.4, -0.2) is 49.9 Å².